The molecule has 1 aromatic heterocycles. The molecule has 37 heavy (non-hydrogen) atoms. The Balaban J connectivity index is 3.92. The fourth-order valence-electron chi connectivity index (χ4n) is 4.14. The normalized spacial score (nSPS) is 13.8. The van der Waals surface area contributed by atoms with Gasteiger partial charge in [0.05, 0.1) is 24.4 Å². The maximum absolute atomic E-state index is 14.6. The summed E-state index contributed by atoms with van der Waals surface area (Å²) in [5, 5.41) is -1.14. The van der Waals surface area contributed by atoms with Crippen LogP contribution >= 0.6 is 15.2 Å². The molecule has 0 fully saturated rings. The third-order valence-electron chi connectivity index (χ3n) is 5.66. The van der Waals surface area contributed by atoms with Gasteiger partial charge in [-0.2, -0.15) is 0 Å². The van der Waals surface area contributed by atoms with E-state index in [-0.39, 0.29) is 17.8 Å². The average Bonchev–Trinajstić information content (AvgIpc) is 2.69. The summed E-state index contributed by atoms with van der Waals surface area (Å²) in [6.45, 7) is 25.0. The van der Waals surface area contributed by atoms with E-state index in [2.05, 4.69) is 34.6 Å². The first-order valence-electron chi connectivity index (χ1n) is 13.8. The highest BCUT2D eigenvalue weighted by atomic mass is 31.2. The first-order valence-corrected chi connectivity index (χ1v) is 17.0. The summed E-state index contributed by atoms with van der Waals surface area (Å²) in [5.74, 6) is 0.288. The van der Waals surface area contributed by atoms with Gasteiger partial charge in [-0.25, -0.2) is 0 Å². The van der Waals surface area contributed by atoms with E-state index in [4.69, 9.17) is 23.1 Å². The van der Waals surface area contributed by atoms with Crippen molar-refractivity contribution in [2.75, 3.05) is 0 Å². The summed E-state index contributed by atoms with van der Waals surface area (Å²) in [5.41, 5.74) is 2.58. The summed E-state index contributed by atoms with van der Waals surface area (Å²) in [6, 6.07) is 4.06. The standard InChI is InChI=1S/C28H53NO6P2/c1-14-24(15-2)25-16-23(17-26(29-25)28(11,12)13)18-27(36(30,32-19(3)4)33-20(5)6)37(31,34-21(7)8)35-22(9)10/h16-17,19-22,24,27H,14-15,18H2,1-13H3. The zero-order valence-electron chi connectivity index (χ0n) is 25.5. The van der Waals surface area contributed by atoms with E-state index in [1.165, 1.54) is 0 Å². The van der Waals surface area contributed by atoms with E-state index in [1.54, 1.807) is 55.4 Å². The van der Waals surface area contributed by atoms with Crippen molar-refractivity contribution >= 4 is 15.2 Å². The minimum atomic E-state index is -3.98. The van der Waals surface area contributed by atoms with Crippen LogP contribution in [0, 0.1) is 0 Å². The Bertz CT molecular complexity index is 869. The molecule has 1 rings (SSSR count). The predicted molar refractivity (Wildman–Crippen MR) is 154 cm³/mol. The van der Waals surface area contributed by atoms with Gasteiger partial charge in [-0.15, -0.1) is 0 Å². The van der Waals surface area contributed by atoms with E-state index in [0.29, 0.717) is 0 Å². The number of aromatic nitrogens is 1. The Morgan fingerprint density at radius 2 is 1.11 bits per heavy atom. The quantitative estimate of drug-likeness (QED) is 0.197. The number of hydrogen-bond acceptors (Lipinski definition) is 7. The highest BCUT2D eigenvalue weighted by Gasteiger charge is 2.53. The van der Waals surface area contributed by atoms with Crippen molar-refractivity contribution in [2.45, 2.75) is 150 Å². The van der Waals surface area contributed by atoms with Crippen molar-refractivity contribution in [2.24, 2.45) is 0 Å². The molecule has 0 aliphatic carbocycles. The fraction of sp³-hybridized carbons (Fsp3) is 0.821. The molecule has 0 aromatic carbocycles. The molecule has 7 nitrogen and oxygen atoms in total. The molecule has 0 saturated carbocycles. The van der Waals surface area contributed by atoms with Crippen LogP contribution in [0.1, 0.15) is 126 Å². The lowest BCUT2D eigenvalue weighted by Crippen LogP contribution is -2.25. The molecule has 216 valence electrons. The van der Waals surface area contributed by atoms with Gasteiger partial charge in [0.2, 0.25) is 0 Å². The molecule has 0 amide bonds. The van der Waals surface area contributed by atoms with Crippen LogP contribution in [-0.4, -0.2) is 34.8 Å². The Labute approximate surface area is 226 Å². The summed E-state index contributed by atoms with van der Waals surface area (Å²) in [7, 11) is -7.97. The predicted octanol–water partition coefficient (Wildman–Crippen LogP) is 9.24. The molecule has 1 heterocycles. The lowest BCUT2D eigenvalue weighted by atomic mass is 9.88. The lowest BCUT2D eigenvalue weighted by Gasteiger charge is -2.35. The highest BCUT2D eigenvalue weighted by Crippen LogP contribution is 2.72. The van der Waals surface area contributed by atoms with Gasteiger partial charge in [-0.3, -0.25) is 14.1 Å². The zero-order valence-corrected chi connectivity index (χ0v) is 27.3. The second-order valence-corrected chi connectivity index (χ2v) is 16.6. The maximum atomic E-state index is 14.6. The maximum Gasteiger partial charge on any atom is 0.346 e. The number of pyridine rings is 1. The fourth-order valence-corrected chi connectivity index (χ4v) is 10.1. The molecule has 0 atom stereocenters. The molecule has 0 bridgehead atoms. The van der Waals surface area contributed by atoms with Gasteiger partial charge >= 0.3 is 15.2 Å². The zero-order chi connectivity index (χ0) is 28.8. The SMILES string of the molecule is CCC(CC)c1cc(CC(P(=O)(OC(C)C)OC(C)C)P(=O)(OC(C)C)OC(C)C)cc(C(C)(C)C)n1. The van der Waals surface area contributed by atoms with Crippen molar-refractivity contribution in [3.8, 4) is 0 Å². The van der Waals surface area contributed by atoms with E-state index in [9.17, 15) is 9.13 Å². The number of nitrogens with zero attached hydrogens (tertiary/aromatic N) is 1. The van der Waals surface area contributed by atoms with Gasteiger partial charge < -0.3 is 18.1 Å². The van der Waals surface area contributed by atoms with Crippen molar-refractivity contribution < 1.29 is 27.2 Å². The van der Waals surface area contributed by atoms with Crippen LogP contribution in [0.25, 0.3) is 0 Å². The van der Waals surface area contributed by atoms with E-state index in [0.717, 1.165) is 29.8 Å². The van der Waals surface area contributed by atoms with Gasteiger partial charge in [0.1, 0.15) is 0 Å². The molecule has 0 unspecified atom stereocenters. The third kappa shape index (κ3) is 10.5. The Hall–Kier alpha value is -0.550. The Morgan fingerprint density at radius 3 is 1.41 bits per heavy atom. The molecule has 0 aliphatic rings. The first kappa shape index (κ1) is 34.5. The summed E-state index contributed by atoms with van der Waals surface area (Å²) < 4.78 is 53.1. The number of rotatable bonds is 15. The second kappa shape index (κ2) is 14.2. The summed E-state index contributed by atoms with van der Waals surface area (Å²) in [6.07, 6.45) is 0.394. The van der Waals surface area contributed by atoms with Crippen LogP contribution < -0.4 is 0 Å². The number of hydrogen-bond donors (Lipinski definition) is 0. The molecule has 1 aromatic rings. The Kier molecular flexibility index (Phi) is 13.2. The average molecular weight is 562 g/mol. The minimum absolute atomic E-state index is 0.145. The van der Waals surface area contributed by atoms with Crippen LogP contribution in [0.2, 0.25) is 0 Å². The molecule has 0 spiro atoms. The van der Waals surface area contributed by atoms with Gasteiger partial charge in [-0.1, -0.05) is 34.6 Å². The minimum Gasteiger partial charge on any atom is -0.305 e. The molecular weight excluding hydrogens is 508 g/mol. The molecule has 0 N–H and O–H groups in total. The van der Waals surface area contributed by atoms with E-state index in [1.807, 2.05) is 12.1 Å². The molecule has 0 saturated heterocycles. The van der Waals surface area contributed by atoms with E-state index >= 15 is 0 Å². The first-order chi connectivity index (χ1) is 16.9. The van der Waals surface area contributed by atoms with E-state index < -0.39 is 45.0 Å². The monoisotopic (exact) mass is 561 g/mol. The van der Waals surface area contributed by atoms with Crippen molar-refractivity contribution in [1.29, 1.82) is 0 Å². The van der Waals surface area contributed by atoms with Crippen LogP contribution in [0.4, 0.5) is 0 Å². The van der Waals surface area contributed by atoms with Crippen molar-refractivity contribution in [3.63, 3.8) is 0 Å². The molecular formula is C28H53NO6P2. The topological polar surface area (TPSA) is 84.0 Å². The molecule has 0 aliphatic heterocycles. The molecule has 0 radical (unpaired) electrons. The Morgan fingerprint density at radius 1 is 0.730 bits per heavy atom. The van der Waals surface area contributed by atoms with Crippen molar-refractivity contribution in [3.05, 3.63) is 29.1 Å². The lowest BCUT2D eigenvalue weighted by molar-refractivity contribution is 0.122. The largest absolute Gasteiger partial charge is 0.346 e. The smallest absolute Gasteiger partial charge is 0.305 e. The second-order valence-electron chi connectivity index (χ2n) is 11.9. The van der Waals surface area contributed by atoms with Crippen LogP contribution in [0.5, 0.6) is 0 Å². The van der Waals surface area contributed by atoms with Gasteiger partial charge in [0.15, 0.2) is 5.40 Å². The van der Waals surface area contributed by atoms with Gasteiger partial charge in [0, 0.05) is 22.7 Å². The highest BCUT2D eigenvalue weighted by molar-refractivity contribution is 7.72. The third-order valence-corrected chi connectivity index (χ3v) is 12.0. The van der Waals surface area contributed by atoms with Crippen LogP contribution in [0.3, 0.4) is 0 Å². The van der Waals surface area contributed by atoms with Gasteiger partial charge in [-0.05, 0) is 92.3 Å². The van der Waals surface area contributed by atoms with Crippen LogP contribution in [-0.2, 0) is 39.1 Å². The molecule has 9 heteroatoms. The van der Waals surface area contributed by atoms with Crippen LogP contribution in [0.15, 0.2) is 12.1 Å². The van der Waals surface area contributed by atoms with Gasteiger partial charge in [0.25, 0.3) is 0 Å². The van der Waals surface area contributed by atoms with Crippen molar-refractivity contribution in [1.82, 2.24) is 4.98 Å². The summed E-state index contributed by atoms with van der Waals surface area (Å²) >= 11 is 0. The summed E-state index contributed by atoms with van der Waals surface area (Å²) in [4.78, 5) is 5.01.